The predicted molar refractivity (Wildman–Crippen MR) is 101 cm³/mol. The molecule has 1 atom stereocenters. The van der Waals surface area contributed by atoms with Crippen LogP contribution in [0.1, 0.15) is 90.9 Å². The molecule has 23 heavy (non-hydrogen) atoms. The Morgan fingerprint density at radius 3 is 2.26 bits per heavy atom. The number of hydrogen-bond acceptors (Lipinski definition) is 3. The van der Waals surface area contributed by atoms with Crippen molar-refractivity contribution >= 4 is 5.84 Å². The number of allylic oxidation sites excluding steroid dienone is 2. The first kappa shape index (κ1) is 20.2. The third kappa shape index (κ3) is 9.80. The van der Waals surface area contributed by atoms with E-state index in [1.807, 2.05) is 11.8 Å². The van der Waals surface area contributed by atoms with E-state index < -0.39 is 6.23 Å². The number of aliphatic hydroxyl groups is 1. The van der Waals surface area contributed by atoms with E-state index in [0.29, 0.717) is 0 Å². The molecular formula is C20H38N2O. The summed E-state index contributed by atoms with van der Waals surface area (Å²) in [5, 5.41) is 9.66. The standard InChI is InChI=1S/C20H38N2O/c1-3-4-5-6-7-8-9-10-11-12-13-14-15-16-20-21-17-18-22(20)19(2)23/h12-13,19,23H,3-11,14-18H2,1-2H3/b13-12+. The second-order valence-electron chi connectivity index (χ2n) is 6.75. The number of nitrogens with zero attached hydrogens (tertiary/aromatic N) is 2. The molecular weight excluding hydrogens is 284 g/mol. The fraction of sp³-hybridized carbons (Fsp3) is 0.850. The molecule has 1 rings (SSSR count). The molecule has 0 amide bonds. The lowest BCUT2D eigenvalue weighted by Gasteiger charge is -2.23. The highest BCUT2D eigenvalue weighted by atomic mass is 16.3. The number of amidine groups is 1. The van der Waals surface area contributed by atoms with Crippen molar-refractivity contribution in [2.75, 3.05) is 13.1 Å². The molecule has 0 bridgehead atoms. The van der Waals surface area contributed by atoms with Crippen LogP contribution >= 0.6 is 0 Å². The van der Waals surface area contributed by atoms with Crippen molar-refractivity contribution in [2.24, 2.45) is 4.99 Å². The van der Waals surface area contributed by atoms with E-state index in [1.54, 1.807) is 0 Å². The molecule has 0 aromatic rings. The van der Waals surface area contributed by atoms with Crippen LogP contribution < -0.4 is 0 Å². The summed E-state index contributed by atoms with van der Waals surface area (Å²) in [5.74, 6) is 1.09. The second kappa shape index (κ2) is 13.6. The van der Waals surface area contributed by atoms with Crippen molar-refractivity contribution < 1.29 is 5.11 Å². The molecule has 0 spiro atoms. The summed E-state index contributed by atoms with van der Waals surface area (Å²) < 4.78 is 0. The first-order chi connectivity index (χ1) is 11.3. The van der Waals surface area contributed by atoms with Crippen molar-refractivity contribution in [2.45, 2.75) is 97.1 Å². The van der Waals surface area contributed by atoms with Gasteiger partial charge in [-0.3, -0.25) is 4.99 Å². The summed E-state index contributed by atoms with van der Waals surface area (Å²) in [6.45, 7) is 5.82. The Hall–Kier alpha value is -0.830. The lowest BCUT2D eigenvalue weighted by Crippen LogP contribution is -2.35. The Morgan fingerprint density at radius 2 is 1.61 bits per heavy atom. The maximum atomic E-state index is 9.66. The minimum Gasteiger partial charge on any atom is -0.374 e. The smallest absolute Gasteiger partial charge is 0.125 e. The van der Waals surface area contributed by atoms with Gasteiger partial charge in [-0.25, -0.2) is 0 Å². The summed E-state index contributed by atoms with van der Waals surface area (Å²) in [7, 11) is 0. The highest BCUT2D eigenvalue weighted by Crippen LogP contribution is 2.12. The van der Waals surface area contributed by atoms with E-state index in [1.165, 1.54) is 57.8 Å². The van der Waals surface area contributed by atoms with Crippen LogP contribution in [0.4, 0.5) is 0 Å². The van der Waals surface area contributed by atoms with E-state index in [-0.39, 0.29) is 0 Å². The van der Waals surface area contributed by atoms with E-state index in [9.17, 15) is 5.11 Å². The first-order valence-electron chi connectivity index (χ1n) is 9.88. The zero-order valence-electron chi connectivity index (χ0n) is 15.5. The SMILES string of the molecule is CCCCCCCCCC/C=C/CCCC1=NCCN1C(C)O. The van der Waals surface area contributed by atoms with E-state index in [4.69, 9.17) is 0 Å². The molecule has 1 aliphatic rings. The van der Waals surface area contributed by atoms with Crippen LogP contribution in [0.3, 0.4) is 0 Å². The highest BCUT2D eigenvalue weighted by Gasteiger charge is 2.19. The third-order valence-electron chi connectivity index (χ3n) is 4.58. The van der Waals surface area contributed by atoms with E-state index in [2.05, 4.69) is 24.1 Å². The van der Waals surface area contributed by atoms with Gasteiger partial charge in [-0.15, -0.1) is 0 Å². The van der Waals surface area contributed by atoms with E-state index in [0.717, 1.165) is 38.2 Å². The minimum atomic E-state index is -0.395. The Balaban J connectivity index is 1.89. The summed E-state index contributed by atoms with van der Waals surface area (Å²) in [4.78, 5) is 6.51. The van der Waals surface area contributed by atoms with Crippen molar-refractivity contribution in [1.29, 1.82) is 0 Å². The number of rotatable bonds is 14. The lowest BCUT2D eigenvalue weighted by atomic mass is 10.1. The highest BCUT2D eigenvalue weighted by molar-refractivity contribution is 5.83. The monoisotopic (exact) mass is 322 g/mol. The van der Waals surface area contributed by atoms with Crippen LogP contribution in [0.15, 0.2) is 17.1 Å². The third-order valence-corrected chi connectivity index (χ3v) is 4.58. The van der Waals surface area contributed by atoms with Gasteiger partial charge in [-0.1, -0.05) is 64.0 Å². The van der Waals surface area contributed by atoms with Gasteiger partial charge in [-0.2, -0.15) is 0 Å². The van der Waals surface area contributed by atoms with Crippen LogP contribution in [0, 0.1) is 0 Å². The van der Waals surface area contributed by atoms with Gasteiger partial charge in [0.1, 0.15) is 12.1 Å². The van der Waals surface area contributed by atoms with E-state index >= 15 is 0 Å². The molecule has 134 valence electrons. The molecule has 0 aliphatic carbocycles. The Bertz CT molecular complexity index is 337. The molecule has 3 heteroatoms. The lowest BCUT2D eigenvalue weighted by molar-refractivity contribution is 0.0766. The predicted octanol–water partition coefficient (Wildman–Crippen LogP) is 5.30. The first-order valence-corrected chi connectivity index (χ1v) is 9.88. The minimum absolute atomic E-state index is 0.395. The number of hydrogen-bond donors (Lipinski definition) is 1. The Morgan fingerprint density at radius 1 is 1.00 bits per heavy atom. The number of unbranched alkanes of at least 4 members (excludes halogenated alkanes) is 9. The van der Waals surface area contributed by atoms with Crippen LogP contribution in [-0.4, -0.2) is 35.2 Å². The van der Waals surface area contributed by atoms with Crippen molar-refractivity contribution in [3.8, 4) is 0 Å². The summed E-state index contributed by atoms with van der Waals surface area (Å²) >= 11 is 0. The molecule has 1 N–H and O–H groups in total. The van der Waals surface area contributed by atoms with Gasteiger partial charge >= 0.3 is 0 Å². The van der Waals surface area contributed by atoms with Crippen LogP contribution in [0.2, 0.25) is 0 Å². The second-order valence-corrected chi connectivity index (χ2v) is 6.75. The molecule has 0 fully saturated rings. The summed E-state index contributed by atoms with van der Waals surface area (Å²) in [6, 6.07) is 0. The maximum Gasteiger partial charge on any atom is 0.125 e. The summed E-state index contributed by atoms with van der Waals surface area (Å²) in [6.07, 6.45) is 19.9. The zero-order chi connectivity index (χ0) is 16.8. The van der Waals surface area contributed by atoms with Gasteiger partial charge in [0, 0.05) is 13.0 Å². The molecule has 0 saturated carbocycles. The largest absolute Gasteiger partial charge is 0.374 e. The number of aliphatic imine (C=N–C) groups is 1. The fourth-order valence-electron chi connectivity index (χ4n) is 3.14. The Kier molecular flexibility index (Phi) is 11.9. The van der Waals surface area contributed by atoms with Gasteiger partial charge < -0.3 is 10.0 Å². The molecule has 1 heterocycles. The van der Waals surface area contributed by atoms with Gasteiger partial charge in [0.05, 0.1) is 6.54 Å². The van der Waals surface area contributed by atoms with Gasteiger partial charge in [0.2, 0.25) is 0 Å². The molecule has 0 aromatic carbocycles. The molecule has 0 radical (unpaired) electrons. The quantitative estimate of drug-likeness (QED) is 0.348. The normalized spacial score (nSPS) is 16.3. The molecule has 3 nitrogen and oxygen atoms in total. The molecule has 1 aliphatic heterocycles. The molecule has 0 aromatic heterocycles. The summed E-state index contributed by atoms with van der Waals surface area (Å²) in [5.41, 5.74) is 0. The average Bonchev–Trinajstić information content (AvgIpc) is 3.00. The van der Waals surface area contributed by atoms with Gasteiger partial charge in [-0.05, 0) is 32.6 Å². The van der Waals surface area contributed by atoms with Crippen molar-refractivity contribution in [1.82, 2.24) is 4.90 Å². The zero-order valence-corrected chi connectivity index (χ0v) is 15.5. The van der Waals surface area contributed by atoms with Gasteiger partial charge in [0.15, 0.2) is 0 Å². The van der Waals surface area contributed by atoms with Crippen molar-refractivity contribution in [3.63, 3.8) is 0 Å². The Labute approximate surface area is 143 Å². The topological polar surface area (TPSA) is 35.8 Å². The number of aliphatic hydroxyl groups excluding tert-OH is 1. The van der Waals surface area contributed by atoms with Crippen LogP contribution in [0.25, 0.3) is 0 Å². The molecule has 0 saturated heterocycles. The van der Waals surface area contributed by atoms with Crippen molar-refractivity contribution in [3.05, 3.63) is 12.2 Å². The van der Waals surface area contributed by atoms with Crippen LogP contribution in [0.5, 0.6) is 0 Å². The maximum absolute atomic E-state index is 9.66. The average molecular weight is 323 g/mol. The molecule has 1 unspecified atom stereocenters. The fourth-order valence-corrected chi connectivity index (χ4v) is 3.14. The van der Waals surface area contributed by atoms with Crippen LogP contribution in [-0.2, 0) is 0 Å². The van der Waals surface area contributed by atoms with Gasteiger partial charge in [0.25, 0.3) is 0 Å².